The van der Waals surface area contributed by atoms with Crippen LogP contribution in [0.2, 0.25) is 0 Å². The van der Waals surface area contributed by atoms with Crippen LogP contribution < -0.4 is 5.32 Å². The third-order valence-electron chi connectivity index (χ3n) is 2.66. The van der Waals surface area contributed by atoms with Crippen molar-refractivity contribution in [3.05, 3.63) is 35.9 Å². The zero-order chi connectivity index (χ0) is 11.4. The number of piperazine rings is 1. The molecule has 1 saturated heterocycles. The number of benzene rings is 1. The zero-order valence-electron chi connectivity index (χ0n) is 8.98. The third-order valence-corrected chi connectivity index (χ3v) is 2.66. The number of amides is 2. The predicted molar refractivity (Wildman–Crippen MR) is 59.7 cm³/mol. The second-order valence-electron chi connectivity index (χ2n) is 3.78. The lowest BCUT2D eigenvalue weighted by molar-refractivity contribution is -0.148. The lowest BCUT2D eigenvalue weighted by Gasteiger charge is -2.26. The van der Waals surface area contributed by atoms with Crippen LogP contribution in [0.25, 0.3) is 0 Å². The van der Waals surface area contributed by atoms with Gasteiger partial charge in [-0.3, -0.25) is 9.59 Å². The van der Waals surface area contributed by atoms with Crippen molar-refractivity contribution in [1.29, 1.82) is 0 Å². The van der Waals surface area contributed by atoms with Gasteiger partial charge in [0.25, 0.3) is 0 Å². The molecule has 1 heterocycles. The van der Waals surface area contributed by atoms with Crippen molar-refractivity contribution in [3.8, 4) is 0 Å². The Balaban J connectivity index is 1.90. The number of nitrogens with zero attached hydrogens (tertiary/aromatic N) is 1. The summed E-state index contributed by atoms with van der Waals surface area (Å²) >= 11 is 0. The molecule has 1 N–H and O–H groups in total. The molecule has 2 amide bonds. The lowest BCUT2D eigenvalue weighted by Crippen LogP contribution is -2.52. The van der Waals surface area contributed by atoms with Gasteiger partial charge in [0.05, 0.1) is 0 Å². The molecule has 2 rings (SSSR count). The largest absolute Gasteiger partial charge is 0.346 e. The van der Waals surface area contributed by atoms with Crippen LogP contribution in [0.15, 0.2) is 30.3 Å². The summed E-state index contributed by atoms with van der Waals surface area (Å²) in [5.41, 5.74) is 1.18. The van der Waals surface area contributed by atoms with Crippen molar-refractivity contribution in [2.75, 3.05) is 19.6 Å². The van der Waals surface area contributed by atoms with Crippen molar-refractivity contribution in [1.82, 2.24) is 10.2 Å². The minimum absolute atomic E-state index is 0.415. The molecule has 0 aromatic heterocycles. The number of nitrogens with one attached hydrogen (secondary N) is 1. The molecule has 0 aliphatic carbocycles. The van der Waals surface area contributed by atoms with Crippen molar-refractivity contribution >= 4 is 11.8 Å². The van der Waals surface area contributed by atoms with E-state index in [0.717, 1.165) is 6.42 Å². The van der Waals surface area contributed by atoms with Crippen LogP contribution >= 0.6 is 0 Å². The minimum Gasteiger partial charge on any atom is -0.346 e. The van der Waals surface area contributed by atoms with Crippen molar-refractivity contribution in [2.24, 2.45) is 0 Å². The summed E-state index contributed by atoms with van der Waals surface area (Å²) in [7, 11) is 0. The van der Waals surface area contributed by atoms with Gasteiger partial charge in [0, 0.05) is 19.6 Å². The molecule has 0 bridgehead atoms. The molecule has 0 spiro atoms. The molecule has 1 aliphatic heterocycles. The van der Waals surface area contributed by atoms with E-state index in [9.17, 15) is 9.59 Å². The second kappa shape index (κ2) is 4.79. The molecule has 84 valence electrons. The Morgan fingerprint density at radius 2 is 1.94 bits per heavy atom. The predicted octanol–water partition coefficient (Wildman–Crippen LogP) is 0.187. The molecular formula is C12H14N2O2. The highest BCUT2D eigenvalue weighted by Gasteiger charge is 2.25. The average molecular weight is 218 g/mol. The van der Waals surface area contributed by atoms with Crippen molar-refractivity contribution in [3.63, 3.8) is 0 Å². The molecule has 4 heteroatoms. The standard InChI is InChI=1S/C12H14N2O2/c15-11-12(16)14(9-7-13-11)8-6-10-4-2-1-3-5-10/h1-5H,6-9H2,(H,13,15). The summed E-state index contributed by atoms with van der Waals surface area (Å²) in [5, 5.41) is 2.53. The number of carbonyl (C=O) groups is 2. The smallest absolute Gasteiger partial charge is 0.311 e. The zero-order valence-corrected chi connectivity index (χ0v) is 8.98. The molecule has 0 unspecified atom stereocenters. The molecule has 1 aromatic rings. The molecule has 0 saturated carbocycles. The van der Waals surface area contributed by atoms with Crippen LogP contribution in [0, 0.1) is 0 Å². The summed E-state index contributed by atoms with van der Waals surface area (Å²) in [6, 6.07) is 9.95. The molecule has 0 radical (unpaired) electrons. The van der Waals surface area contributed by atoms with Gasteiger partial charge in [-0.2, -0.15) is 0 Å². The van der Waals surface area contributed by atoms with Crippen molar-refractivity contribution in [2.45, 2.75) is 6.42 Å². The van der Waals surface area contributed by atoms with E-state index in [-0.39, 0.29) is 0 Å². The van der Waals surface area contributed by atoms with E-state index in [1.807, 2.05) is 30.3 Å². The van der Waals surface area contributed by atoms with Crippen LogP contribution in [0.3, 0.4) is 0 Å². The van der Waals surface area contributed by atoms with Gasteiger partial charge >= 0.3 is 11.8 Å². The minimum atomic E-state index is -0.487. The van der Waals surface area contributed by atoms with Crippen LogP contribution in [0.5, 0.6) is 0 Å². The maximum atomic E-state index is 11.5. The van der Waals surface area contributed by atoms with E-state index in [1.54, 1.807) is 4.90 Å². The summed E-state index contributed by atoms with van der Waals surface area (Å²) in [5.74, 6) is -0.901. The molecule has 0 atom stereocenters. The molecule has 1 fully saturated rings. The Morgan fingerprint density at radius 1 is 1.19 bits per heavy atom. The van der Waals surface area contributed by atoms with Gasteiger partial charge in [0.15, 0.2) is 0 Å². The van der Waals surface area contributed by atoms with Crippen LogP contribution in [0.4, 0.5) is 0 Å². The van der Waals surface area contributed by atoms with Gasteiger partial charge in [-0.05, 0) is 12.0 Å². The summed E-state index contributed by atoms with van der Waals surface area (Å²) in [6.45, 7) is 1.77. The van der Waals surface area contributed by atoms with E-state index >= 15 is 0 Å². The number of carbonyl (C=O) groups excluding carboxylic acids is 2. The highest BCUT2D eigenvalue weighted by Crippen LogP contribution is 2.03. The second-order valence-corrected chi connectivity index (χ2v) is 3.78. The highest BCUT2D eigenvalue weighted by atomic mass is 16.2. The Kier molecular flexibility index (Phi) is 3.19. The van der Waals surface area contributed by atoms with E-state index in [0.29, 0.717) is 19.6 Å². The summed E-state index contributed by atoms with van der Waals surface area (Å²) in [6.07, 6.45) is 0.792. The normalized spacial score (nSPS) is 16.1. The van der Waals surface area contributed by atoms with Crippen LogP contribution in [-0.4, -0.2) is 36.3 Å². The molecule has 4 nitrogen and oxygen atoms in total. The first-order chi connectivity index (χ1) is 7.77. The summed E-state index contributed by atoms with van der Waals surface area (Å²) < 4.78 is 0. The van der Waals surface area contributed by atoms with E-state index in [1.165, 1.54) is 5.56 Å². The Hall–Kier alpha value is -1.84. The first kappa shape index (κ1) is 10.7. The quantitative estimate of drug-likeness (QED) is 0.736. The van der Waals surface area contributed by atoms with Gasteiger partial charge in [0.1, 0.15) is 0 Å². The van der Waals surface area contributed by atoms with Gasteiger partial charge in [-0.15, -0.1) is 0 Å². The fourth-order valence-electron chi connectivity index (χ4n) is 1.75. The molecular weight excluding hydrogens is 204 g/mol. The third kappa shape index (κ3) is 2.39. The SMILES string of the molecule is O=C1NCCN(CCc2ccccc2)C1=O. The average Bonchev–Trinajstić information content (AvgIpc) is 2.32. The van der Waals surface area contributed by atoms with E-state index in [4.69, 9.17) is 0 Å². The first-order valence-corrected chi connectivity index (χ1v) is 5.38. The number of rotatable bonds is 3. The van der Waals surface area contributed by atoms with Gasteiger partial charge in [0.2, 0.25) is 0 Å². The molecule has 1 aliphatic rings. The Morgan fingerprint density at radius 3 is 2.69 bits per heavy atom. The topological polar surface area (TPSA) is 49.4 Å². The number of hydrogen-bond acceptors (Lipinski definition) is 2. The Labute approximate surface area is 94.2 Å². The fraction of sp³-hybridized carbons (Fsp3) is 0.333. The van der Waals surface area contributed by atoms with Gasteiger partial charge in [-0.25, -0.2) is 0 Å². The van der Waals surface area contributed by atoms with Crippen LogP contribution in [0.1, 0.15) is 5.56 Å². The fourth-order valence-corrected chi connectivity index (χ4v) is 1.75. The monoisotopic (exact) mass is 218 g/mol. The molecule has 16 heavy (non-hydrogen) atoms. The van der Waals surface area contributed by atoms with E-state index in [2.05, 4.69) is 5.32 Å². The highest BCUT2D eigenvalue weighted by molar-refractivity contribution is 6.35. The lowest BCUT2D eigenvalue weighted by atomic mass is 10.1. The van der Waals surface area contributed by atoms with Crippen LogP contribution in [-0.2, 0) is 16.0 Å². The number of hydrogen-bond donors (Lipinski definition) is 1. The van der Waals surface area contributed by atoms with E-state index < -0.39 is 11.8 Å². The first-order valence-electron chi connectivity index (χ1n) is 5.38. The Bertz CT molecular complexity index is 389. The van der Waals surface area contributed by atoms with Gasteiger partial charge in [-0.1, -0.05) is 30.3 Å². The van der Waals surface area contributed by atoms with Gasteiger partial charge < -0.3 is 10.2 Å². The summed E-state index contributed by atoms with van der Waals surface area (Å²) in [4.78, 5) is 24.2. The molecule has 1 aromatic carbocycles. The van der Waals surface area contributed by atoms with Crippen molar-refractivity contribution < 1.29 is 9.59 Å². The maximum Gasteiger partial charge on any atom is 0.311 e. The maximum absolute atomic E-state index is 11.5.